The van der Waals surface area contributed by atoms with Crippen LogP contribution in [0.5, 0.6) is 0 Å². The monoisotopic (exact) mass is 266 g/mol. The minimum absolute atomic E-state index is 0.926. The molecule has 0 N–H and O–H groups in total. The molecule has 0 unspecified atom stereocenters. The van der Waals surface area contributed by atoms with Crippen molar-refractivity contribution < 1.29 is 0 Å². The third-order valence-electron chi connectivity index (χ3n) is 2.49. The van der Waals surface area contributed by atoms with Gasteiger partial charge in [0.25, 0.3) is 0 Å². The molecule has 0 aliphatic heterocycles. The maximum absolute atomic E-state index is 3.85. The molecule has 1 rings (SSSR count). The highest BCUT2D eigenvalue weighted by atomic mass is 79.9. The summed E-state index contributed by atoms with van der Waals surface area (Å²) in [6, 6.07) is 8.88. The van der Waals surface area contributed by atoms with Gasteiger partial charge in [0.05, 0.1) is 0 Å². The average molecular weight is 267 g/mol. The van der Waals surface area contributed by atoms with E-state index in [-0.39, 0.29) is 0 Å². The van der Waals surface area contributed by atoms with Crippen LogP contribution in [0.2, 0.25) is 0 Å². The molecule has 0 atom stereocenters. The van der Waals surface area contributed by atoms with Crippen molar-refractivity contribution >= 4 is 15.9 Å². The highest BCUT2D eigenvalue weighted by Gasteiger charge is 1.96. The van der Waals surface area contributed by atoms with Crippen LogP contribution in [-0.4, -0.2) is 0 Å². The Balaban J connectivity index is 2.45. The maximum Gasteiger partial charge on any atom is 0.00347 e. The van der Waals surface area contributed by atoms with Gasteiger partial charge in [0, 0.05) is 6.42 Å². The van der Waals surface area contributed by atoms with Crippen LogP contribution in [0.25, 0.3) is 0 Å². The molecule has 1 aromatic rings. The lowest BCUT2D eigenvalue weighted by molar-refractivity contribution is 0.717. The second-order valence-corrected chi connectivity index (χ2v) is 5.09. The summed E-state index contributed by atoms with van der Waals surface area (Å²) in [6.45, 7) is 6.09. The van der Waals surface area contributed by atoms with Crippen LogP contribution in [0.15, 0.2) is 35.3 Å². The summed E-state index contributed by atoms with van der Waals surface area (Å²) in [5, 5.41) is 0. The molecule has 0 saturated carbocycles. The fraction of sp³-hybridized carbons (Fsp3) is 0.429. The van der Waals surface area contributed by atoms with E-state index in [2.05, 4.69) is 53.7 Å². The predicted molar refractivity (Wildman–Crippen MR) is 71.4 cm³/mol. The molecule has 0 bridgehead atoms. The van der Waals surface area contributed by atoms with Crippen LogP contribution >= 0.6 is 15.9 Å². The second-order valence-electron chi connectivity index (χ2n) is 3.97. The molecule has 0 amide bonds. The van der Waals surface area contributed by atoms with E-state index in [1.165, 1.54) is 36.8 Å². The van der Waals surface area contributed by atoms with E-state index >= 15 is 0 Å². The second kappa shape index (κ2) is 6.84. The van der Waals surface area contributed by atoms with E-state index in [1.807, 2.05) is 0 Å². The molecule has 0 saturated heterocycles. The number of rotatable bonds is 6. The Kier molecular flexibility index (Phi) is 5.70. The fourth-order valence-electron chi connectivity index (χ4n) is 1.62. The van der Waals surface area contributed by atoms with Gasteiger partial charge in [-0.05, 0) is 28.5 Å². The van der Waals surface area contributed by atoms with Crippen molar-refractivity contribution in [1.29, 1.82) is 0 Å². The molecule has 0 nitrogen and oxygen atoms in total. The van der Waals surface area contributed by atoms with Gasteiger partial charge in [0.2, 0.25) is 0 Å². The standard InChI is InChI=1S/C14H19Br/c1-3-4-5-6-13-7-9-14(10-8-13)11-12(2)15/h7-10H,2-6,11H2,1H3. The summed E-state index contributed by atoms with van der Waals surface area (Å²) in [6.07, 6.45) is 6.07. The lowest BCUT2D eigenvalue weighted by Crippen LogP contribution is -1.88. The van der Waals surface area contributed by atoms with Crippen LogP contribution in [0.4, 0.5) is 0 Å². The molecule has 0 radical (unpaired) electrons. The number of unbranched alkanes of at least 4 members (excludes halogenated alkanes) is 2. The summed E-state index contributed by atoms with van der Waals surface area (Å²) >= 11 is 3.39. The third-order valence-corrected chi connectivity index (χ3v) is 2.77. The van der Waals surface area contributed by atoms with Crippen molar-refractivity contribution in [2.24, 2.45) is 0 Å². The minimum Gasteiger partial charge on any atom is -0.0885 e. The Morgan fingerprint density at radius 2 is 1.73 bits per heavy atom. The van der Waals surface area contributed by atoms with Crippen molar-refractivity contribution in [2.75, 3.05) is 0 Å². The Morgan fingerprint density at radius 1 is 1.13 bits per heavy atom. The normalized spacial score (nSPS) is 10.3. The van der Waals surface area contributed by atoms with Crippen molar-refractivity contribution in [3.8, 4) is 0 Å². The zero-order chi connectivity index (χ0) is 11.1. The molecule has 0 aliphatic carbocycles. The SMILES string of the molecule is C=C(Br)Cc1ccc(CCCCC)cc1. The Morgan fingerprint density at radius 3 is 2.27 bits per heavy atom. The van der Waals surface area contributed by atoms with Crippen LogP contribution in [0.1, 0.15) is 37.3 Å². The van der Waals surface area contributed by atoms with Crippen LogP contribution in [-0.2, 0) is 12.8 Å². The van der Waals surface area contributed by atoms with Gasteiger partial charge in [-0.3, -0.25) is 0 Å². The molecule has 0 aliphatic rings. The third kappa shape index (κ3) is 5.17. The van der Waals surface area contributed by atoms with Gasteiger partial charge < -0.3 is 0 Å². The van der Waals surface area contributed by atoms with E-state index in [1.54, 1.807) is 0 Å². The average Bonchev–Trinajstić information content (AvgIpc) is 2.20. The zero-order valence-corrected chi connectivity index (χ0v) is 11.0. The lowest BCUT2D eigenvalue weighted by Gasteiger charge is -2.03. The number of allylic oxidation sites excluding steroid dienone is 1. The first-order chi connectivity index (χ1) is 7.22. The van der Waals surface area contributed by atoms with Crippen LogP contribution < -0.4 is 0 Å². The molecule has 1 heteroatoms. The number of aryl methyl sites for hydroxylation is 1. The number of hydrogen-bond donors (Lipinski definition) is 0. The summed E-state index contributed by atoms with van der Waals surface area (Å²) in [5.74, 6) is 0. The highest BCUT2D eigenvalue weighted by molar-refractivity contribution is 9.11. The summed E-state index contributed by atoms with van der Waals surface area (Å²) in [5.41, 5.74) is 2.78. The van der Waals surface area contributed by atoms with Gasteiger partial charge in [-0.25, -0.2) is 0 Å². The largest absolute Gasteiger partial charge is 0.0885 e. The van der Waals surface area contributed by atoms with Crippen molar-refractivity contribution in [3.05, 3.63) is 46.5 Å². The molecule has 0 fully saturated rings. The first kappa shape index (κ1) is 12.5. The number of halogens is 1. The minimum atomic E-state index is 0.926. The van der Waals surface area contributed by atoms with Crippen molar-refractivity contribution in [2.45, 2.75) is 39.0 Å². The Bertz CT molecular complexity index is 298. The first-order valence-electron chi connectivity index (χ1n) is 5.63. The van der Waals surface area contributed by atoms with Crippen LogP contribution in [0.3, 0.4) is 0 Å². The predicted octanol–water partition coefficient (Wildman–Crippen LogP) is 4.87. The van der Waals surface area contributed by atoms with Gasteiger partial charge in [0.1, 0.15) is 0 Å². The Hall–Kier alpha value is -0.560. The maximum atomic E-state index is 3.85. The highest BCUT2D eigenvalue weighted by Crippen LogP contribution is 2.14. The van der Waals surface area contributed by atoms with Gasteiger partial charge in [0.15, 0.2) is 0 Å². The smallest absolute Gasteiger partial charge is 0.00347 e. The summed E-state index contributed by atoms with van der Waals surface area (Å²) < 4.78 is 1.04. The van der Waals surface area contributed by atoms with E-state index in [4.69, 9.17) is 0 Å². The number of benzene rings is 1. The van der Waals surface area contributed by atoms with E-state index in [0.717, 1.165) is 10.9 Å². The first-order valence-corrected chi connectivity index (χ1v) is 6.42. The summed E-state index contributed by atoms with van der Waals surface area (Å²) in [7, 11) is 0. The molecule has 0 spiro atoms. The van der Waals surface area contributed by atoms with E-state index < -0.39 is 0 Å². The summed E-state index contributed by atoms with van der Waals surface area (Å²) in [4.78, 5) is 0. The zero-order valence-electron chi connectivity index (χ0n) is 9.43. The fourth-order valence-corrected chi connectivity index (χ4v) is 1.95. The molecule has 0 aromatic heterocycles. The van der Waals surface area contributed by atoms with Crippen molar-refractivity contribution in [1.82, 2.24) is 0 Å². The molecule has 15 heavy (non-hydrogen) atoms. The molecular formula is C14H19Br. The topological polar surface area (TPSA) is 0 Å². The van der Waals surface area contributed by atoms with E-state index in [9.17, 15) is 0 Å². The van der Waals surface area contributed by atoms with Gasteiger partial charge in [-0.1, -0.05) is 66.5 Å². The van der Waals surface area contributed by atoms with Gasteiger partial charge in [-0.15, -0.1) is 0 Å². The lowest BCUT2D eigenvalue weighted by atomic mass is 10.0. The number of hydrogen-bond acceptors (Lipinski definition) is 0. The molecular weight excluding hydrogens is 248 g/mol. The Labute approximate surface area is 102 Å². The van der Waals surface area contributed by atoms with Crippen LogP contribution in [0, 0.1) is 0 Å². The quantitative estimate of drug-likeness (QED) is 0.645. The molecule has 82 valence electrons. The van der Waals surface area contributed by atoms with E-state index in [0.29, 0.717) is 0 Å². The molecule has 1 aromatic carbocycles. The van der Waals surface area contributed by atoms with Gasteiger partial charge in [-0.2, -0.15) is 0 Å². The van der Waals surface area contributed by atoms with Crippen molar-refractivity contribution in [3.63, 3.8) is 0 Å². The molecule has 0 heterocycles. The van der Waals surface area contributed by atoms with Gasteiger partial charge >= 0.3 is 0 Å².